The molecular formula is C23H30IN5O2S. The van der Waals surface area contributed by atoms with Crippen molar-refractivity contribution in [3.63, 3.8) is 0 Å². The fourth-order valence-corrected chi connectivity index (χ4v) is 4.13. The number of benzene rings is 2. The molecule has 7 nitrogen and oxygen atoms in total. The molecule has 1 aliphatic rings. The number of nitrogens with zero attached hydrogens (tertiary/aromatic N) is 2. The summed E-state index contributed by atoms with van der Waals surface area (Å²) in [6.45, 7) is 4.72. The molecule has 1 saturated heterocycles. The van der Waals surface area contributed by atoms with Crippen LogP contribution in [0.4, 0.5) is 0 Å². The quantitative estimate of drug-likeness (QED) is 0.208. The Morgan fingerprint density at radius 3 is 2.53 bits per heavy atom. The maximum atomic E-state index is 12.5. The molecule has 0 saturated carbocycles. The largest absolute Gasteiger partial charge is 0.355 e. The Morgan fingerprint density at radius 1 is 1.16 bits per heavy atom. The normalized spacial score (nSPS) is 14.8. The summed E-state index contributed by atoms with van der Waals surface area (Å²) in [7, 11) is 1.75. The van der Waals surface area contributed by atoms with Crippen molar-refractivity contribution >= 4 is 53.5 Å². The first-order chi connectivity index (χ1) is 15.0. The van der Waals surface area contributed by atoms with E-state index in [0.29, 0.717) is 30.4 Å². The summed E-state index contributed by atoms with van der Waals surface area (Å²) in [4.78, 5) is 31.2. The van der Waals surface area contributed by atoms with Crippen LogP contribution in [-0.2, 0) is 11.3 Å². The van der Waals surface area contributed by atoms with E-state index in [0.717, 1.165) is 18.1 Å². The molecule has 0 aromatic heterocycles. The lowest BCUT2D eigenvalue weighted by molar-refractivity contribution is -0.123. The van der Waals surface area contributed by atoms with Gasteiger partial charge in [-0.1, -0.05) is 37.3 Å². The molecule has 1 atom stereocenters. The maximum absolute atomic E-state index is 12.5. The van der Waals surface area contributed by atoms with Crippen LogP contribution in [0.1, 0.15) is 22.8 Å². The number of rotatable bonds is 7. The van der Waals surface area contributed by atoms with Gasteiger partial charge in [-0.2, -0.15) is 0 Å². The van der Waals surface area contributed by atoms with Gasteiger partial charge < -0.3 is 20.9 Å². The summed E-state index contributed by atoms with van der Waals surface area (Å²) in [5, 5.41) is 9.78. The van der Waals surface area contributed by atoms with Gasteiger partial charge in [0.25, 0.3) is 5.91 Å². The molecule has 2 amide bonds. The molecule has 172 valence electrons. The number of guanidine groups is 1. The zero-order valence-electron chi connectivity index (χ0n) is 18.3. The number of halogens is 1. The molecule has 0 bridgehead atoms. The summed E-state index contributed by atoms with van der Waals surface area (Å²) >= 11 is 1.82. The predicted octanol–water partition coefficient (Wildman–Crippen LogP) is 2.72. The van der Waals surface area contributed by atoms with Crippen molar-refractivity contribution in [1.82, 2.24) is 20.9 Å². The van der Waals surface area contributed by atoms with E-state index in [9.17, 15) is 9.59 Å². The minimum absolute atomic E-state index is 0. The van der Waals surface area contributed by atoms with Gasteiger partial charge in [0.15, 0.2) is 5.96 Å². The lowest BCUT2D eigenvalue weighted by Crippen LogP contribution is -2.49. The van der Waals surface area contributed by atoms with E-state index in [-0.39, 0.29) is 42.3 Å². The topological polar surface area (TPSA) is 85.8 Å². The van der Waals surface area contributed by atoms with Crippen LogP contribution in [-0.4, -0.2) is 61.2 Å². The molecule has 1 unspecified atom stereocenters. The highest BCUT2D eigenvalue weighted by Gasteiger charge is 2.22. The van der Waals surface area contributed by atoms with E-state index >= 15 is 0 Å². The van der Waals surface area contributed by atoms with Gasteiger partial charge in [-0.15, -0.1) is 35.7 Å². The molecule has 0 spiro atoms. The zero-order valence-corrected chi connectivity index (χ0v) is 21.5. The van der Waals surface area contributed by atoms with Crippen LogP contribution in [0.25, 0.3) is 0 Å². The number of thioether (sulfide) groups is 1. The summed E-state index contributed by atoms with van der Waals surface area (Å²) < 4.78 is 0. The number of carbonyl (C=O) groups excluding carboxylic acids is 2. The van der Waals surface area contributed by atoms with E-state index in [1.54, 1.807) is 24.1 Å². The molecule has 3 N–H and O–H groups in total. The monoisotopic (exact) mass is 567 g/mol. The van der Waals surface area contributed by atoms with Gasteiger partial charge in [-0.05, 0) is 29.8 Å². The first kappa shape index (κ1) is 26.0. The van der Waals surface area contributed by atoms with Crippen molar-refractivity contribution in [2.75, 3.05) is 33.2 Å². The van der Waals surface area contributed by atoms with Crippen LogP contribution in [0.2, 0.25) is 0 Å². The Balaban J connectivity index is 0.00000363. The molecule has 1 heterocycles. The van der Waals surface area contributed by atoms with E-state index in [2.05, 4.69) is 40.0 Å². The molecule has 0 radical (unpaired) electrons. The van der Waals surface area contributed by atoms with Gasteiger partial charge >= 0.3 is 0 Å². The van der Waals surface area contributed by atoms with Gasteiger partial charge in [0.2, 0.25) is 5.91 Å². The number of nitrogens with one attached hydrogen (secondary N) is 3. The van der Waals surface area contributed by atoms with E-state index < -0.39 is 0 Å². The maximum Gasteiger partial charge on any atom is 0.254 e. The van der Waals surface area contributed by atoms with Crippen LogP contribution in [0.5, 0.6) is 0 Å². The third kappa shape index (κ3) is 8.01. The molecule has 2 aromatic rings. The Bertz CT molecular complexity index is 908. The average molecular weight is 567 g/mol. The Kier molecular flexibility index (Phi) is 10.8. The van der Waals surface area contributed by atoms with Gasteiger partial charge in [0.1, 0.15) is 0 Å². The highest BCUT2D eigenvalue weighted by Crippen LogP contribution is 2.21. The predicted molar refractivity (Wildman–Crippen MR) is 141 cm³/mol. The van der Waals surface area contributed by atoms with Crippen LogP contribution >= 0.6 is 35.7 Å². The Hall–Kier alpha value is -2.27. The molecule has 1 aliphatic heterocycles. The van der Waals surface area contributed by atoms with Crippen LogP contribution in [0, 0.1) is 0 Å². The minimum atomic E-state index is -0.115. The fourth-order valence-electron chi connectivity index (χ4n) is 3.18. The zero-order chi connectivity index (χ0) is 22.1. The fraction of sp³-hybridized carbons (Fsp3) is 0.348. The summed E-state index contributed by atoms with van der Waals surface area (Å²) in [6, 6.07) is 17.8. The summed E-state index contributed by atoms with van der Waals surface area (Å²) in [6.07, 6.45) is 0. The Morgan fingerprint density at radius 2 is 1.88 bits per heavy atom. The number of hydrogen-bond acceptors (Lipinski definition) is 4. The number of amides is 2. The average Bonchev–Trinajstić information content (AvgIpc) is 2.80. The van der Waals surface area contributed by atoms with Gasteiger partial charge in [0, 0.05) is 48.9 Å². The van der Waals surface area contributed by atoms with Crippen molar-refractivity contribution in [3.05, 3.63) is 65.7 Å². The first-order valence-corrected chi connectivity index (χ1v) is 11.2. The van der Waals surface area contributed by atoms with Crippen molar-refractivity contribution in [2.45, 2.75) is 23.6 Å². The second-order valence-electron chi connectivity index (χ2n) is 7.32. The Labute approximate surface area is 210 Å². The van der Waals surface area contributed by atoms with Crippen molar-refractivity contribution in [1.29, 1.82) is 0 Å². The summed E-state index contributed by atoms with van der Waals surface area (Å²) in [5.74, 6) is 0.507. The minimum Gasteiger partial charge on any atom is -0.355 e. The number of aliphatic imine (C=N–C) groups is 1. The van der Waals surface area contributed by atoms with E-state index in [4.69, 9.17) is 0 Å². The molecule has 0 aliphatic carbocycles. The molecule has 1 fully saturated rings. The third-order valence-corrected chi connectivity index (χ3v) is 5.96. The molecule has 2 aromatic carbocycles. The molecule has 32 heavy (non-hydrogen) atoms. The van der Waals surface area contributed by atoms with Gasteiger partial charge in [-0.25, -0.2) is 0 Å². The highest BCUT2D eigenvalue weighted by atomic mass is 127. The van der Waals surface area contributed by atoms with E-state index in [1.165, 1.54) is 4.90 Å². The lowest BCUT2D eigenvalue weighted by Gasteiger charge is -2.26. The smallest absolute Gasteiger partial charge is 0.254 e. The number of carbonyl (C=O) groups is 2. The lowest BCUT2D eigenvalue weighted by atomic mass is 10.1. The van der Waals surface area contributed by atoms with Crippen LogP contribution in [0.15, 0.2) is 64.5 Å². The third-order valence-electron chi connectivity index (χ3n) is 4.85. The standard InChI is InChI=1S/C23H29N5O2S.HI/c1-17(31-20-6-4-3-5-7-20)14-26-23(24-2)27-15-18-8-10-19(11-9-18)22(30)28-13-12-25-21(29)16-28;/h3-11,17H,12-16H2,1-2H3,(H,25,29)(H2,24,26,27);1H. The SMILES string of the molecule is CN=C(NCc1ccc(C(=O)N2CCNC(=O)C2)cc1)NCC(C)Sc1ccccc1.I. The molecule has 9 heteroatoms. The van der Waals surface area contributed by atoms with Crippen molar-refractivity contribution < 1.29 is 9.59 Å². The first-order valence-electron chi connectivity index (χ1n) is 10.4. The molecular weight excluding hydrogens is 537 g/mol. The van der Waals surface area contributed by atoms with Gasteiger partial charge in [-0.3, -0.25) is 14.6 Å². The van der Waals surface area contributed by atoms with Gasteiger partial charge in [0.05, 0.1) is 6.54 Å². The van der Waals surface area contributed by atoms with E-state index in [1.807, 2.05) is 42.1 Å². The second kappa shape index (κ2) is 13.3. The summed E-state index contributed by atoms with van der Waals surface area (Å²) in [5.41, 5.74) is 1.63. The van der Waals surface area contributed by atoms with Crippen molar-refractivity contribution in [2.24, 2.45) is 4.99 Å². The van der Waals surface area contributed by atoms with Crippen LogP contribution < -0.4 is 16.0 Å². The second-order valence-corrected chi connectivity index (χ2v) is 8.83. The molecule has 3 rings (SSSR count). The number of piperazine rings is 1. The van der Waals surface area contributed by atoms with Crippen molar-refractivity contribution in [3.8, 4) is 0 Å². The highest BCUT2D eigenvalue weighted by molar-refractivity contribution is 14.0. The number of hydrogen-bond donors (Lipinski definition) is 3. The van der Waals surface area contributed by atoms with Crippen LogP contribution in [0.3, 0.4) is 0 Å².